The van der Waals surface area contributed by atoms with E-state index in [4.69, 9.17) is 5.73 Å². The number of hydrogen-bond acceptors (Lipinski definition) is 2. The first-order chi connectivity index (χ1) is 8.63. The number of nitrogens with zero attached hydrogens (tertiary/aromatic N) is 2. The minimum absolute atomic E-state index is 0.500. The summed E-state index contributed by atoms with van der Waals surface area (Å²) in [6.07, 6.45) is 5.24. The van der Waals surface area contributed by atoms with E-state index in [2.05, 4.69) is 41.6 Å². The molecule has 2 aromatic rings. The summed E-state index contributed by atoms with van der Waals surface area (Å²) >= 11 is 0. The fourth-order valence-electron chi connectivity index (χ4n) is 2.95. The third kappa shape index (κ3) is 1.88. The zero-order chi connectivity index (χ0) is 12.8. The van der Waals surface area contributed by atoms with Gasteiger partial charge in [0.05, 0.1) is 11.0 Å². The van der Waals surface area contributed by atoms with Crippen LogP contribution in [0.15, 0.2) is 18.2 Å². The molecule has 0 bridgehead atoms. The number of nitrogen functional groups attached to an aromatic ring is 1. The van der Waals surface area contributed by atoms with Crippen LogP contribution < -0.4 is 5.73 Å². The second-order valence-electron chi connectivity index (χ2n) is 5.80. The first-order valence-corrected chi connectivity index (χ1v) is 6.86. The lowest BCUT2D eigenvalue weighted by atomic mass is 10.0. The number of fused-ring (bicyclic) bond motifs is 1. The molecule has 1 heterocycles. The SMILES string of the molecule is CCCC1(Cn2c(N)nc3ccc(C)cc32)CC1. The lowest BCUT2D eigenvalue weighted by Crippen LogP contribution is -2.13. The molecule has 0 radical (unpaired) electrons. The zero-order valence-corrected chi connectivity index (χ0v) is 11.2. The largest absolute Gasteiger partial charge is 0.369 e. The van der Waals surface area contributed by atoms with Crippen molar-refractivity contribution in [3.05, 3.63) is 23.8 Å². The Morgan fingerprint density at radius 3 is 2.83 bits per heavy atom. The molecule has 0 amide bonds. The van der Waals surface area contributed by atoms with Crippen LogP contribution in [0.1, 0.15) is 38.2 Å². The Morgan fingerprint density at radius 2 is 2.17 bits per heavy atom. The molecule has 0 saturated heterocycles. The van der Waals surface area contributed by atoms with Gasteiger partial charge in [-0.15, -0.1) is 0 Å². The fraction of sp³-hybridized carbons (Fsp3) is 0.533. The monoisotopic (exact) mass is 243 g/mol. The van der Waals surface area contributed by atoms with Crippen LogP contribution in [0.4, 0.5) is 5.95 Å². The molecule has 3 rings (SSSR count). The van der Waals surface area contributed by atoms with E-state index in [1.165, 1.54) is 36.8 Å². The van der Waals surface area contributed by atoms with E-state index < -0.39 is 0 Å². The number of rotatable bonds is 4. The topological polar surface area (TPSA) is 43.8 Å². The van der Waals surface area contributed by atoms with Gasteiger partial charge in [-0.3, -0.25) is 0 Å². The summed E-state index contributed by atoms with van der Waals surface area (Å²) in [6.45, 7) is 5.41. The van der Waals surface area contributed by atoms with Crippen molar-refractivity contribution in [2.45, 2.75) is 46.1 Å². The van der Waals surface area contributed by atoms with Gasteiger partial charge in [-0.25, -0.2) is 4.98 Å². The van der Waals surface area contributed by atoms with E-state index in [1.807, 2.05) is 0 Å². The summed E-state index contributed by atoms with van der Waals surface area (Å²) in [5.41, 5.74) is 10.1. The van der Waals surface area contributed by atoms with Crippen LogP contribution in [0.5, 0.6) is 0 Å². The van der Waals surface area contributed by atoms with E-state index in [9.17, 15) is 0 Å². The van der Waals surface area contributed by atoms with Gasteiger partial charge >= 0.3 is 0 Å². The van der Waals surface area contributed by atoms with E-state index in [0.29, 0.717) is 11.4 Å². The van der Waals surface area contributed by atoms with E-state index in [1.54, 1.807) is 0 Å². The van der Waals surface area contributed by atoms with Crippen LogP contribution in [-0.2, 0) is 6.54 Å². The zero-order valence-electron chi connectivity index (χ0n) is 11.2. The van der Waals surface area contributed by atoms with Gasteiger partial charge in [0.2, 0.25) is 5.95 Å². The molecule has 0 atom stereocenters. The maximum Gasteiger partial charge on any atom is 0.201 e. The van der Waals surface area contributed by atoms with Crippen molar-refractivity contribution >= 4 is 17.0 Å². The van der Waals surface area contributed by atoms with Crippen molar-refractivity contribution < 1.29 is 0 Å². The van der Waals surface area contributed by atoms with Gasteiger partial charge in [0.25, 0.3) is 0 Å². The predicted octanol–water partition coefficient (Wildman–Crippen LogP) is 3.51. The molecule has 3 heteroatoms. The van der Waals surface area contributed by atoms with Gasteiger partial charge < -0.3 is 10.3 Å². The van der Waals surface area contributed by atoms with Gasteiger partial charge in [-0.05, 0) is 49.3 Å². The molecule has 1 aromatic carbocycles. The number of benzene rings is 1. The Morgan fingerprint density at radius 1 is 1.39 bits per heavy atom. The molecule has 1 aliphatic carbocycles. The van der Waals surface area contributed by atoms with Crippen LogP contribution >= 0.6 is 0 Å². The third-order valence-electron chi connectivity index (χ3n) is 4.16. The highest BCUT2D eigenvalue weighted by molar-refractivity contribution is 5.79. The lowest BCUT2D eigenvalue weighted by Gasteiger charge is -2.16. The molecule has 2 N–H and O–H groups in total. The molecule has 1 fully saturated rings. The van der Waals surface area contributed by atoms with Crippen molar-refractivity contribution in [3.8, 4) is 0 Å². The second-order valence-corrected chi connectivity index (χ2v) is 5.80. The first kappa shape index (κ1) is 11.6. The Balaban J connectivity index is 2.00. The van der Waals surface area contributed by atoms with Gasteiger partial charge in [0.1, 0.15) is 0 Å². The van der Waals surface area contributed by atoms with E-state index in [-0.39, 0.29) is 0 Å². The molecule has 0 spiro atoms. The second kappa shape index (κ2) is 4.01. The Labute approximate surface area is 108 Å². The van der Waals surface area contributed by atoms with Gasteiger partial charge in [0.15, 0.2) is 0 Å². The van der Waals surface area contributed by atoms with Crippen molar-refractivity contribution in [1.82, 2.24) is 9.55 Å². The molecule has 3 nitrogen and oxygen atoms in total. The molecule has 96 valence electrons. The van der Waals surface area contributed by atoms with E-state index in [0.717, 1.165) is 12.1 Å². The van der Waals surface area contributed by atoms with Crippen molar-refractivity contribution in [2.24, 2.45) is 5.41 Å². The molecular formula is C15H21N3. The maximum atomic E-state index is 6.09. The summed E-state index contributed by atoms with van der Waals surface area (Å²) in [6, 6.07) is 6.36. The van der Waals surface area contributed by atoms with Crippen LogP contribution in [-0.4, -0.2) is 9.55 Å². The molecule has 0 aliphatic heterocycles. The molecule has 18 heavy (non-hydrogen) atoms. The van der Waals surface area contributed by atoms with E-state index >= 15 is 0 Å². The Bertz CT molecular complexity index is 579. The number of aryl methyl sites for hydroxylation is 1. The van der Waals surface area contributed by atoms with Crippen LogP contribution in [0.2, 0.25) is 0 Å². The predicted molar refractivity (Wildman–Crippen MR) is 75.5 cm³/mol. The van der Waals surface area contributed by atoms with Crippen LogP contribution in [0.25, 0.3) is 11.0 Å². The lowest BCUT2D eigenvalue weighted by molar-refractivity contribution is 0.396. The smallest absolute Gasteiger partial charge is 0.201 e. The molecular weight excluding hydrogens is 222 g/mol. The highest BCUT2D eigenvalue weighted by atomic mass is 15.2. The molecule has 1 aromatic heterocycles. The van der Waals surface area contributed by atoms with Gasteiger partial charge in [0, 0.05) is 6.54 Å². The highest BCUT2D eigenvalue weighted by Gasteiger charge is 2.42. The quantitative estimate of drug-likeness (QED) is 0.893. The minimum atomic E-state index is 0.500. The summed E-state index contributed by atoms with van der Waals surface area (Å²) in [7, 11) is 0. The maximum absolute atomic E-state index is 6.09. The van der Waals surface area contributed by atoms with Crippen LogP contribution in [0, 0.1) is 12.3 Å². The first-order valence-electron chi connectivity index (χ1n) is 6.86. The third-order valence-corrected chi connectivity index (χ3v) is 4.16. The van der Waals surface area contributed by atoms with Crippen LogP contribution in [0.3, 0.4) is 0 Å². The normalized spacial score (nSPS) is 17.2. The molecule has 0 unspecified atom stereocenters. The Kier molecular flexibility index (Phi) is 2.58. The molecule has 1 aliphatic rings. The average molecular weight is 243 g/mol. The summed E-state index contributed by atoms with van der Waals surface area (Å²) in [5.74, 6) is 0.665. The number of aromatic nitrogens is 2. The number of nitrogens with two attached hydrogens (primary N) is 1. The van der Waals surface area contributed by atoms with Gasteiger partial charge in [-0.1, -0.05) is 19.4 Å². The van der Waals surface area contributed by atoms with Crippen molar-refractivity contribution in [1.29, 1.82) is 0 Å². The minimum Gasteiger partial charge on any atom is -0.369 e. The molecule has 1 saturated carbocycles. The Hall–Kier alpha value is -1.51. The van der Waals surface area contributed by atoms with Crippen molar-refractivity contribution in [3.63, 3.8) is 0 Å². The summed E-state index contributed by atoms with van der Waals surface area (Å²) in [5, 5.41) is 0. The number of hydrogen-bond donors (Lipinski definition) is 1. The standard InChI is InChI=1S/C15H21N3/c1-3-6-15(7-8-15)10-18-13-9-11(2)4-5-12(13)17-14(18)16/h4-5,9H,3,6-8,10H2,1-2H3,(H2,16,17). The number of anilines is 1. The summed E-state index contributed by atoms with van der Waals surface area (Å²) < 4.78 is 2.21. The average Bonchev–Trinajstić information content (AvgIpc) is 3.02. The van der Waals surface area contributed by atoms with Crippen molar-refractivity contribution in [2.75, 3.05) is 5.73 Å². The fourth-order valence-corrected chi connectivity index (χ4v) is 2.95. The number of imidazole rings is 1. The highest BCUT2D eigenvalue weighted by Crippen LogP contribution is 2.51. The summed E-state index contributed by atoms with van der Waals surface area (Å²) in [4.78, 5) is 4.47. The van der Waals surface area contributed by atoms with Gasteiger partial charge in [-0.2, -0.15) is 0 Å².